The zero-order chi connectivity index (χ0) is 61.9. The first-order chi connectivity index (χ1) is 41.0. The minimum Gasteiger partial charge on any atom is -0.481 e. The summed E-state index contributed by atoms with van der Waals surface area (Å²) < 4.78 is 5.56. The van der Waals surface area contributed by atoms with Crippen molar-refractivity contribution in [2.24, 2.45) is 11.7 Å². The Labute approximate surface area is 515 Å². The number of nitrogens with two attached hydrogens (primary N) is 2. The van der Waals surface area contributed by atoms with Gasteiger partial charge in [-0.1, -0.05) is 163 Å². The molecule has 0 radical (unpaired) electrons. The van der Waals surface area contributed by atoms with E-state index < -0.39 is 22.8 Å². The summed E-state index contributed by atoms with van der Waals surface area (Å²) in [4.78, 5) is 73.1. The third-order valence-electron chi connectivity index (χ3n) is 16.5. The first kappa shape index (κ1) is 64.0. The molecule has 1 atom stereocenters. The van der Waals surface area contributed by atoms with Gasteiger partial charge >= 0.3 is 17.9 Å². The topological polar surface area (TPSA) is 191 Å². The van der Waals surface area contributed by atoms with Crippen LogP contribution in [0.1, 0.15) is 116 Å². The molecule has 450 valence electrons. The summed E-state index contributed by atoms with van der Waals surface area (Å²) in [5, 5.41) is 23.5. The lowest BCUT2D eigenvalue weighted by molar-refractivity contribution is -0.571. The lowest BCUT2D eigenvalue weighted by atomic mass is 9.76. The smallest absolute Gasteiger partial charge is 0.309 e. The number of anilines is 3. The number of amides is 2. The second-order valence-corrected chi connectivity index (χ2v) is 25.6. The number of aliphatic carboxylic acids is 2. The van der Waals surface area contributed by atoms with Crippen molar-refractivity contribution in [1.29, 1.82) is 0 Å². The number of hydrogen-bond donors (Lipinski definition) is 4. The summed E-state index contributed by atoms with van der Waals surface area (Å²) in [6.45, 7) is 18.2. The van der Waals surface area contributed by atoms with Crippen LogP contribution in [0.3, 0.4) is 0 Å². The van der Waals surface area contributed by atoms with Gasteiger partial charge in [0, 0.05) is 69.7 Å². The molecule has 1 fully saturated rings. The molecule has 2 amide bonds. The molecule has 8 rings (SSSR count). The van der Waals surface area contributed by atoms with Gasteiger partial charge in [-0.3, -0.25) is 28.9 Å². The number of ether oxygens (including phenoxy) is 1. The van der Waals surface area contributed by atoms with Crippen molar-refractivity contribution in [3.8, 4) is 0 Å². The minimum atomic E-state index is -0.909. The molecular weight excluding hydrogens is 1120 g/mol. The van der Waals surface area contributed by atoms with Gasteiger partial charge in [-0.15, -0.1) is 0 Å². The van der Waals surface area contributed by atoms with Crippen LogP contribution in [-0.4, -0.2) is 81.9 Å². The van der Waals surface area contributed by atoms with Crippen LogP contribution in [-0.2, 0) is 51.5 Å². The number of fused-ring (bicyclic) bond motifs is 4. The maximum atomic E-state index is 14.9. The third-order valence-corrected chi connectivity index (χ3v) is 17.8. The van der Waals surface area contributed by atoms with E-state index in [9.17, 15) is 34.2 Å². The summed E-state index contributed by atoms with van der Waals surface area (Å²) >= 11 is 6.95. The van der Waals surface area contributed by atoms with E-state index in [4.69, 9.17) is 22.7 Å². The number of thioether (sulfide) groups is 1. The number of esters is 1. The number of carboxylic acids is 2. The van der Waals surface area contributed by atoms with Crippen LogP contribution >= 0.6 is 24.0 Å². The lowest BCUT2D eigenvalue weighted by Gasteiger charge is -2.31. The second kappa shape index (κ2) is 28.0. The number of rotatable bonds is 26. The summed E-state index contributed by atoms with van der Waals surface area (Å²) in [5.41, 5.74) is 15.5. The molecule has 16 heteroatoms. The molecule has 3 aliphatic rings. The van der Waals surface area contributed by atoms with Gasteiger partial charge in [0.15, 0.2) is 0 Å². The van der Waals surface area contributed by atoms with E-state index >= 15 is 0 Å². The van der Waals surface area contributed by atoms with Gasteiger partial charge in [0.1, 0.15) is 16.6 Å². The van der Waals surface area contributed by atoms with Crippen LogP contribution in [0, 0.1) is 5.92 Å². The van der Waals surface area contributed by atoms with E-state index in [0.29, 0.717) is 54.9 Å². The molecule has 86 heavy (non-hydrogen) atoms. The monoisotopic (exact) mass is 1200 g/mol. The Kier molecular flexibility index (Phi) is 20.8. The molecule has 14 nitrogen and oxygen atoms in total. The fourth-order valence-corrected chi connectivity index (χ4v) is 13.1. The zero-order valence-corrected chi connectivity index (χ0v) is 52.3. The molecular formula is C70H81N6O8S2+. The van der Waals surface area contributed by atoms with E-state index in [-0.39, 0.29) is 59.9 Å². The number of quaternary nitrogens is 1. The normalized spacial score (nSPS) is 18.2. The lowest BCUT2D eigenvalue weighted by Crippen LogP contribution is -2.79. The van der Waals surface area contributed by atoms with Gasteiger partial charge in [-0.2, -0.15) is 0 Å². The number of carbonyl (C=O) groups is 5. The van der Waals surface area contributed by atoms with Crippen molar-refractivity contribution >= 4 is 91.5 Å². The Hall–Kier alpha value is -8.05. The largest absolute Gasteiger partial charge is 0.481 e. The van der Waals surface area contributed by atoms with Crippen molar-refractivity contribution in [2.75, 3.05) is 47.5 Å². The van der Waals surface area contributed by atoms with Gasteiger partial charge in [-0.25, -0.2) is 0 Å². The summed E-state index contributed by atoms with van der Waals surface area (Å²) in [6.07, 6.45) is 17.8. The quantitative estimate of drug-likeness (QED) is 0.0135. The Balaban J connectivity index is 1.04. The number of carbonyl (C=O) groups excluding carboxylic acids is 3. The first-order valence-electron chi connectivity index (χ1n) is 29.6. The number of allylic oxidation sites excluding steroid dienone is 10. The predicted molar refractivity (Wildman–Crippen MR) is 350 cm³/mol. The standard InChI is InChI=1S/C70H80N6O8S2/c1-9-84-64(82)38-43-74-57-33-29-49-22-13-14-24-52(49)65(57)69(6,7)59(74)28-18-17-27-58-66(83)76(67(85)86-58)46-61(77)75(45-48-20-11-10-12-21-48)51-31-32-55(72-41-36-62(78)79)54(44-51)68(4,5)39-19-23-50(71)30-34-60-70(8,40-35-47(2)3)53-25-15-16-26-56(53)73(60)42-37-63(80)81/h10-34,44,47,72H,9,35-43,45-46,71H2,1-8H3,(H,78,79)(H,80,81)/p+1. The molecule has 6 N–H and O–H groups in total. The minimum absolute atomic E-state index is 0.0192. The van der Waals surface area contributed by atoms with Crippen LogP contribution in [0.15, 0.2) is 180 Å². The van der Waals surface area contributed by atoms with Crippen LogP contribution < -0.4 is 25.8 Å². The molecule has 3 heterocycles. The van der Waals surface area contributed by atoms with Crippen LogP contribution in [0.2, 0.25) is 0 Å². The van der Waals surface area contributed by atoms with Gasteiger partial charge in [0.05, 0.1) is 43.9 Å². The maximum absolute atomic E-state index is 14.9. The molecule has 0 bridgehead atoms. The van der Waals surface area contributed by atoms with Crippen molar-refractivity contribution in [3.63, 3.8) is 0 Å². The van der Waals surface area contributed by atoms with Gasteiger partial charge < -0.3 is 40.7 Å². The molecule has 0 spiro atoms. The summed E-state index contributed by atoms with van der Waals surface area (Å²) in [6, 6.07) is 36.1. The fraction of sp³-hybridized carbons (Fsp3) is 0.343. The fourth-order valence-electron chi connectivity index (χ4n) is 11.9. The summed E-state index contributed by atoms with van der Waals surface area (Å²) in [5.74, 6) is -2.30. The highest BCUT2D eigenvalue weighted by Crippen LogP contribution is 2.52. The Morgan fingerprint density at radius 3 is 2.23 bits per heavy atom. The molecule has 1 saturated heterocycles. The zero-order valence-electron chi connectivity index (χ0n) is 50.7. The molecule has 0 aliphatic carbocycles. The highest BCUT2D eigenvalue weighted by molar-refractivity contribution is 8.26. The Morgan fingerprint density at radius 2 is 1.50 bits per heavy atom. The van der Waals surface area contributed by atoms with Crippen LogP contribution in [0.25, 0.3) is 10.8 Å². The third kappa shape index (κ3) is 14.8. The number of thiocarbonyl (C=S) groups is 1. The predicted octanol–water partition coefficient (Wildman–Crippen LogP) is 12.6. The molecule has 5 aromatic carbocycles. The van der Waals surface area contributed by atoms with Crippen molar-refractivity contribution < 1.29 is 44.2 Å². The number of benzene rings is 5. The average molecular weight is 1200 g/mol. The second-order valence-electron chi connectivity index (χ2n) is 23.9. The number of para-hydroxylation sites is 1. The molecule has 1 unspecified atom stereocenters. The van der Waals surface area contributed by atoms with Crippen molar-refractivity contribution in [3.05, 3.63) is 202 Å². The van der Waals surface area contributed by atoms with Crippen LogP contribution in [0.4, 0.5) is 22.7 Å². The van der Waals surface area contributed by atoms with E-state index in [1.165, 1.54) is 16.0 Å². The molecule has 5 aromatic rings. The molecule has 0 aromatic heterocycles. The van der Waals surface area contributed by atoms with Crippen molar-refractivity contribution in [2.45, 2.75) is 117 Å². The Bertz CT molecular complexity index is 3580. The highest BCUT2D eigenvalue weighted by Gasteiger charge is 2.44. The SMILES string of the molecule is CCOC(=O)CCN1C(=CC=CC=C2SC(=S)N(CC(=O)N(Cc3ccccc3)c3ccc([NH2+]CCC(=O)O)c(C(C)(C)CC=CC(N)=CC=C4N(CCC(=O)O)c5ccccc5C4(C)CCC(C)C)c3)C2=O)C(C)(C)c2c1ccc1ccccc21. The summed E-state index contributed by atoms with van der Waals surface area (Å²) in [7, 11) is 0. The Morgan fingerprint density at radius 1 is 0.814 bits per heavy atom. The van der Waals surface area contributed by atoms with Gasteiger partial charge in [-0.05, 0) is 127 Å². The van der Waals surface area contributed by atoms with E-state index in [1.54, 1.807) is 24.0 Å². The van der Waals surface area contributed by atoms with Gasteiger partial charge in [0.25, 0.3) is 5.91 Å². The van der Waals surface area contributed by atoms with E-state index in [0.717, 1.165) is 75.0 Å². The molecule has 0 saturated carbocycles. The number of nitrogens with zero attached hydrogens (tertiary/aromatic N) is 4. The average Bonchev–Trinajstić information content (AvgIpc) is 1.61. The van der Waals surface area contributed by atoms with E-state index in [1.807, 2.05) is 115 Å². The number of hydrogen-bond acceptors (Lipinski definition) is 11. The van der Waals surface area contributed by atoms with Crippen LogP contribution in [0.5, 0.6) is 0 Å². The number of carboxylic acid groups (broad SMARTS) is 2. The first-order valence-corrected chi connectivity index (χ1v) is 30.8. The van der Waals surface area contributed by atoms with Gasteiger partial charge in [0.2, 0.25) is 5.91 Å². The maximum Gasteiger partial charge on any atom is 0.309 e. The van der Waals surface area contributed by atoms with Crippen molar-refractivity contribution in [1.82, 2.24) is 4.90 Å². The van der Waals surface area contributed by atoms with E-state index in [2.05, 4.69) is 94.7 Å². The highest BCUT2D eigenvalue weighted by atomic mass is 32.2. The molecule has 3 aliphatic heterocycles.